The molecule has 1 aromatic carbocycles. The molecule has 2 aromatic heterocycles. The van der Waals surface area contributed by atoms with E-state index in [0.717, 1.165) is 55.0 Å². The number of nitrogens with one attached hydrogen (secondary N) is 2. The van der Waals surface area contributed by atoms with Crippen LogP contribution in [0.5, 0.6) is 0 Å². The van der Waals surface area contributed by atoms with Crippen molar-refractivity contribution in [2.24, 2.45) is 0 Å². The number of hydrogen-bond donors (Lipinski definition) is 2. The SMILES string of the molecule is CCN(c1cc(Cl)cc(C(=O)NCc2c(C)n3[nH]c(C)nc3cc2=O)c1C)C1CCC(N(C)C)CC1. The maximum atomic E-state index is 13.3. The van der Waals surface area contributed by atoms with Crippen molar-refractivity contribution in [3.8, 4) is 0 Å². The number of carbonyl (C=O) groups is 1. The highest BCUT2D eigenvalue weighted by molar-refractivity contribution is 6.31. The van der Waals surface area contributed by atoms with Crippen molar-refractivity contribution in [2.45, 2.75) is 72.0 Å². The minimum Gasteiger partial charge on any atom is -0.369 e. The molecular weight excluding hydrogens is 476 g/mol. The number of pyridine rings is 1. The summed E-state index contributed by atoms with van der Waals surface area (Å²) in [5, 5.41) is 6.61. The Balaban J connectivity index is 1.56. The number of aromatic amines is 1. The van der Waals surface area contributed by atoms with Crippen LogP contribution in [0.15, 0.2) is 23.0 Å². The molecule has 0 bridgehead atoms. The first-order chi connectivity index (χ1) is 17.1. The minimum absolute atomic E-state index is 0.123. The van der Waals surface area contributed by atoms with Gasteiger partial charge in [-0.3, -0.25) is 14.7 Å². The number of carbonyl (C=O) groups excluding carboxylic acids is 1. The lowest BCUT2D eigenvalue weighted by atomic mass is 9.89. The zero-order valence-corrected chi connectivity index (χ0v) is 22.9. The van der Waals surface area contributed by atoms with Gasteiger partial charge in [0.25, 0.3) is 5.91 Å². The van der Waals surface area contributed by atoms with Crippen molar-refractivity contribution in [1.29, 1.82) is 0 Å². The zero-order valence-electron chi connectivity index (χ0n) is 22.1. The van der Waals surface area contributed by atoms with E-state index in [0.29, 0.717) is 33.9 Å². The van der Waals surface area contributed by atoms with E-state index in [1.165, 1.54) is 6.07 Å². The van der Waals surface area contributed by atoms with Crippen molar-refractivity contribution in [1.82, 2.24) is 24.8 Å². The van der Waals surface area contributed by atoms with Crippen LogP contribution in [0.4, 0.5) is 5.69 Å². The fourth-order valence-corrected chi connectivity index (χ4v) is 5.74. The van der Waals surface area contributed by atoms with Gasteiger partial charge < -0.3 is 15.1 Å². The van der Waals surface area contributed by atoms with Gasteiger partial charge in [0, 0.05) is 58.8 Å². The van der Waals surface area contributed by atoms with Gasteiger partial charge in [-0.2, -0.15) is 0 Å². The van der Waals surface area contributed by atoms with Gasteiger partial charge in [0.15, 0.2) is 11.1 Å². The molecule has 4 rings (SSSR count). The average molecular weight is 513 g/mol. The Morgan fingerprint density at radius 3 is 2.44 bits per heavy atom. The lowest BCUT2D eigenvalue weighted by molar-refractivity contribution is 0.0950. The largest absolute Gasteiger partial charge is 0.369 e. The zero-order chi connectivity index (χ0) is 26.1. The summed E-state index contributed by atoms with van der Waals surface area (Å²) in [5.74, 6) is 0.477. The van der Waals surface area contributed by atoms with E-state index in [2.05, 4.69) is 46.2 Å². The monoisotopic (exact) mass is 512 g/mol. The number of nitrogens with zero attached hydrogens (tertiary/aromatic N) is 4. The topological polar surface area (TPSA) is 85.7 Å². The van der Waals surface area contributed by atoms with Gasteiger partial charge in [0.1, 0.15) is 5.82 Å². The molecule has 3 aromatic rings. The molecule has 2 heterocycles. The molecule has 0 saturated heterocycles. The third kappa shape index (κ3) is 5.15. The third-order valence-corrected chi connectivity index (χ3v) is 7.84. The van der Waals surface area contributed by atoms with Crippen LogP contribution in [0.25, 0.3) is 5.65 Å². The molecule has 1 aliphatic carbocycles. The van der Waals surface area contributed by atoms with Crippen LogP contribution in [0.3, 0.4) is 0 Å². The van der Waals surface area contributed by atoms with Crippen molar-refractivity contribution >= 4 is 28.8 Å². The number of aryl methyl sites for hydroxylation is 2. The Kier molecular flexibility index (Phi) is 7.76. The third-order valence-electron chi connectivity index (χ3n) is 7.62. The maximum absolute atomic E-state index is 13.3. The maximum Gasteiger partial charge on any atom is 0.251 e. The number of halogens is 1. The van der Waals surface area contributed by atoms with E-state index in [1.54, 1.807) is 10.6 Å². The Morgan fingerprint density at radius 2 is 1.81 bits per heavy atom. The molecule has 0 radical (unpaired) electrons. The van der Waals surface area contributed by atoms with E-state index in [1.807, 2.05) is 26.8 Å². The molecule has 8 nitrogen and oxygen atoms in total. The fourth-order valence-electron chi connectivity index (χ4n) is 5.53. The Hall–Kier alpha value is -2.84. The second kappa shape index (κ2) is 10.6. The molecule has 2 N–H and O–H groups in total. The molecule has 1 aliphatic rings. The predicted octanol–water partition coefficient (Wildman–Crippen LogP) is 4.23. The molecule has 9 heteroatoms. The number of aromatic nitrogens is 3. The first-order valence-electron chi connectivity index (χ1n) is 12.7. The van der Waals surface area contributed by atoms with Gasteiger partial charge in [0.2, 0.25) is 0 Å². The highest BCUT2D eigenvalue weighted by Crippen LogP contribution is 2.34. The number of anilines is 1. The van der Waals surface area contributed by atoms with Crippen LogP contribution < -0.4 is 15.6 Å². The van der Waals surface area contributed by atoms with Crippen LogP contribution in [-0.4, -0.2) is 58.1 Å². The molecule has 36 heavy (non-hydrogen) atoms. The molecule has 0 aliphatic heterocycles. The summed E-state index contributed by atoms with van der Waals surface area (Å²) < 4.78 is 1.77. The summed E-state index contributed by atoms with van der Waals surface area (Å²) in [5.41, 5.74) is 4.13. The van der Waals surface area contributed by atoms with Gasteiger partial charge in [-0.25, -0.2) is 9.50 Å². The van der Waals surface area contributed by atoms with Crippen LogP contribution in [0.1, 0.15) is 65.6 Å². The van der Waals surface area contributed by atoms with Gasteiger partial charge in [-0.1, -0.05) is 11.6 Å². The standard InChI is InChI=1S/C27H37ClN6O2/c1-7-33(21-10-8-20(9-11-21)32(5)6)24-13-19(28)12-22(16(24)2)27(36)29-15-23-17(3)34-26(14-25(23)35)30-18(4)31-34/h12-14,20-21H,7-11,15H2,1-6H3,(H,29,36)(H,30,31). The fraction of sp³-hybridized carbons (Fsp3) is 0.519. The summed E-state index contributed by atoms with van der Waals surface area (Å²) in [4.78, 5) is 35.1. The smallest absolute Gasteiger partial charge is 0.251 e. The van der Waals surface area contributed by atoms with Crippen molar-refractivity contribution in [3.05, 3.63) is 61.7 Å². The van der Waals surface area contributed by atoms with Gasteiger partial charge in [0.05, 0.1) is 0 Å². The minimum atomic E-state index is -0.242. The number of hydrogen-bond acceptors (Lipinski definition) is 5. The Bertz CT molecular complexity index is 1320. The molecule has 1 amide bonds. The molecular formula is C27H37ClN6O2. The summed E-state index contributed by atoms with van der Waals surface area (Å²) in [6.45, 7) is 8.79. The first kappa shape index (κ1) is 26.2. The lowest BCUT2D eigenvalue weighted by Gasteiger charge is -2.40. The highest BCUT2D eigenvalue weighted by atomic mass is 35.5. The lowest BCUT2D eigenvalue weighted by Crippen LogP contribution is -2.42. The van der Waals surface area contributed by atoms with E-state index >= 15 is 0 Å². The molecule has 0 spiro atoms. The van der Waals surface area contributed by atoms with Crippen molar-refractivity contribution in [2.75, 3.05) is 25.5 Å². The molecule has 1 saturated carbocycles. The van der Waals surface area contributed by atoms with Crippen LogP contribution in [0.2, 0.25) is 5.02 Å². The van der Waals surface area contributed by atoms with Gasteiger partial charge >= 0.3 is 0 Å². The molecule has 1 fully saturated rings. The second-order valence-electron chi connectivity index (χ2n) is 10.1. The van der Waals surface area contributed by atoms with Crippen molar-refractivity contribution in [3.63, 3.8) is 0 Å². The van der Waals surface area contributed by atoms with E-state index in [9.17, 15) is 9.59 Å². The normalized spacial score (nSPS) is 18.1. The van der Waals surface area contributed by atoms with Crippen molar-refractivity contribution < 1.29 is 4.79 Å². The number of benzene rings is 1. The summed E-state index contributed by atoms with van der Waals surface area (Å²) in [7, 11) is 4.30. The van der Waals surface area contributed by atoms with Crippen LogP contribution in [-0.2, 0) is 6.54 Å². The summed E-state index contributed by atoms with van der Waals surface area (Å²) in [6, 6.07) is 6.23. The van der Waals surface area contributed by atoms with E-state index in [4.69, 9.17) is 11.6 Å². The number of H-pyrrole nitrogens is 1. The van der Waals surface area contributed by atoms with E-state index in [-0.39, 0.29) is 17.9 Å². The molecule has 194 valence electrons. The summed E-state index contributed by atoms with van der Waals surface area (Å²) in [6.07, 6.45) is 4.55. The molecule has 0 unspecified atom stereocenters. The highest BCUT2D eigenvalue weighted by Gasteiger charge is 2.28. The average Bonchev–Trinajstić information content (AvgIpc) is 3.21. The summed E-state index contributed by atoms with van der Waals surface area (Å²) >= 11 is 6.53. The molecule has 0 atom stereocenters. The van der Waals surface area contributed by atoms with Gasteiger partial charge in [-0.15, -0.1) is 0 Å². The Morgan fingerprint density at radius 1 is 1.14 bits per heavy atom. The number of fused-ring (bicyclic) bond motifs is 1. The number of amides is 1. The number of rotatable bonds is 7. The Labute approximate surface area is 217 Å². The second-order valence-corrected chi connectivity index (χ2v) is 10.5. The van der Waals surface area contributed by atoms with Crippen LogP contribution >= 0.6 is 11.6 Å². The quantitative estimate of drug-likeness (QED) is 0.495. The predicted molar refractivity (Wildman–Crippen MR) is 145 cm³/mol. The van der Waals surface area contributed by atoms with E-state index < -0.39 is 0 Å². The first-order valence-corrected chi connectivity index (χ1v) is 13.1. The van der Waals surface area contributed by atoms with Crippen LogP contribution in [0, 0.1) is 20.8 Å². The van der Waals surface area contributed by atoms with Gasteiger partial charge in [-0.05, 0) is 85.2 Å².